The van der Waals surface area contributed by atoms with Crippen LogP contribution in [0.15, 0.2) is 34.9 Å². The number of hydrogen-bond donors (Lipinski definition) is 2. The number of nitrogens with one attached hydrogen (secondary N) is 1. The van der Waals surface area contributed by atoms with Crippen molar-refractivity contribution in [2.75, 3.05) is 0 Å². The summed E-state index contributed by atoms with van der Waals surface area (Å²) in [5, 5.41) is 0. The minimum absolute atomic E-state index is 0.319. The van der Waals surface area contributed by atoms with Crippen molar-refractivity contribution in [3.8, 4) is 11.4 Å². The lowest BCUT2D eigenvalue weighted by Gasteiger charge is -1.99. The van der Waals surface area contributed by atoms with Gasteiger partial charge in [-0.3, -0.25) is 4.98 Å². The molecule has 0 radical (unpaired) electrons. The third-order valence-corrected chi connectivity index (χ3v) is 3.43. The van der Waals surface area contributed by atoms with Gasteiger partial charge in [-0.05, 0) is 34.1 Å². The third kappa shape index (κ3) is 2.24. The summed E-state index contributed by atoms with van der Waals surface area (Å²) in [7, 11) is 0. The highest BCUT2D eigenvalue weighted by atomic mass is 79.9. The van der Waals surface area contributed by atoms with Crippen molar-refractivity contribution in [2.45, 2.75) is 6.54 Å². The number of aromatic amines is 1. The van der Waals surface area contributed by atoms with Crippen LogP contribution in [-0.2, 0) is 6.54 Å². The number of aromatic nitrogens is 3. The molecule has 0 fully saturated rings. The van der Waals surface area contributed by atoms with Gasteiger partial charge in [0.2, 0.25) is 0 Å². The highest BCUT2D eigenvalue weighted by Crippen LogP contribution is 2.25. The van der Waals surface area contributed by atoms with Crippen molar-refractivity contribution in [3.05, 3.63) is 46.4 Å². The Labute approximate surface area is 117 Å². The zero-order valence-corrected chi connectivity index (χ0v) is 11.4. The molecule has 0 spiro atoms. The fourth-order valence-corrected chi connectivity index (χ4v) is 2.21. The summed E-state index contributed by atoms with van der Waals surface area (Å²) in [6, 6.07) is 6.77. The van der Waals surface area contributed by atoms with Crippen LogP contribution in [0.4, 0.5) is 4.39 Å². The molecule has 3 rings (SSSR count). The van der Waals surface area contributed by atoms with Crippen molar-refractivity contribution < 1.29 is 4.39 Å². The maximum atomic E-state index is 13.5. The second kappa shape index (κ2) is 4.71. The summed E-state index contributed by atoms with van der Waals surface area (Å²) in [5.41, 5.74) is 8.58. The second-order valence-corrected chi connectivity index (χ2v) is 4.96. The lowest BCUT2D eigenvalue weighted by molar-refractivity contribution is 0.623. The number of imidazole rings is 1. The van der Waals surface area contributed by atoms with E-state index in [4.69, 9.17) is 5.73 Å². The maximum Gasteiger partial charge on any atom is 0.139 e. The second-order valence-electron chi connectivity index (χ2n) is 4.11. The molecular formula is C13H10BrFN4. The van der Waals surface area contributed by atoms with Crippen LogP contribution >= 0.6 is 15.9 Å². The number of hydrogen-bond acceptors (Lipinski definition) is 3. The Morgan fingerprint density at radius 3 is 2.95 bits per heavy atom. The zero-order valence-electron chi connectivity index (χ0n) is 9.82. The Kier molecular flexibility index (Phi) is 3.04. The Balaban J connectivity index is 2.14. The Morgan fingerprint density at radius 2 is 2.16 bits per heavy atom. The van der Waals surface area contributed by atoms with E-state index in [9.17, 15) is 4.39 Å². The first-order valence-corrected chi connectivity index (χ1v) is 6.47. The molecule has 0 aliphatic carbocycles. The van der Waals surface area contributed by atoms with Crippen molar-refractivity contribution in [3.63, 3.8) is 0 Å². The van der Waals surface area contributed by atoms with Gasteiger partial charge in [0.25, 0.3) is 0 Å². The molecule has 1 aromatic carbocycles. The number of H-pyrrole nitrogens is 1. The number of pyridine rings is 1. The normalized spacial score (nSPS) is 11.1. The molecular weight excluding hydrogens is 311 g/mol. The Bertz CT molecular complexity index is 714. The van der Waals surface area contributed by atoms with Gasteiger partial charge in [0.05, 0.1) is 21.2 Å². The number of halogens is 2. The average Bonchev–Trinajstić information content (AvgIpc) is 2.82. The molecule has 0 saturated carbocycles. The van der Waals surface area contributed by atoms with Gasteiger partial charge in [-0.2, -0.15) is 0 Å². The highest BCUT2D eigenvalue weighted by molar-refractivity contribution is 9.10. The van der Waals surface area contributed by atoms with Gasteiger partial charge in [-0.1, -0.05) is 0 Å². The van der Waals surface area contributed by atoms with Gasteiger partial charge < -0.3 is 10.7 Å². The zero-order chi connectivity index (χ0) is 13.4. The lowest BCUT2D eigenvalue weighted by Crippen LogP contribution is -1.99. The van der Waals surface area contributed by atoms with Gasteiger partial charge in [0.15, 0.2) is 0 Å². The summed E-state index contributed by atoms with van der Waals surface area (Å²) in [6.45, 7) is 0.369. The first-order valence-electron chi connectivity index (χ1n) is 5.67. The molecule has 0 atom stereocenters. The van der Waals surface area contributed by atoms with E-state index in [0.717, 1.165) is 11.3 Å². The molecule has 0 amide bonds. The topological polar surface area (TPSA) is 67.6 Å². The fourth-order valence-electron chi connectivity index (χ4n) is 1.88. The molecule has 0 bridgehead atoms. The predicted molar refractivity (Wildman–Crippen MR) is 74.9 cm³/mol. The van der Waals surface area contributed by atoms with E-state index in [1.165, 1.54) is 6.07 Å². The molecule has 0 saturated heterocycles. The molecule has 2 heterocycles. The first kappa shape index (κ1) is 12.3. The van der Waals surface area contributed by atoms with Crippen LogP contribution in [0.25, 0.3) is 22.4 Å². The van der Waals surface area contributed by atoms with Crippen LogP contribution in [0.1, 0.15) is 5.69 Å². The summed E-state index contributed by atoms with van der Waals surface area (Å²) in [4.78, 5) is 11.7. The van der Waals surface area contributed by atoms with Crippen LogP contribution in [0.5, 0.6) is 0 Å². The highest BCUT2D eigenvalue weighted by Gasteiger charge is 2.09. The van der Waals surface area contributed by atoms with Gasteiger partial charge in [0, 0.05) is 24.4 Å². The monoisotopic (exact) mass is 320 g/mol. The molecule has 3 N–H and O–H groups in total. The van der Waals surface area contributed by atoms with Crippen molar-refractivity contribution in [1.29, 1.82) is 0 Å². The molecule has 19 heavy (non-hydrogen) atoms. The number of benzene rings is 1. The van der Waals surface area contributed by atoms with Crippen LogP contribution in [0.2, 0.25) is 0 Å². The lowest BCUT2D eigenvalue weighted by atomic mass is 10.2. The molecule has 0 aliphatic rings. The number of rotatable bonds is 2. The van der Waals surface area contributed by atoms with Crippen LogP contribution in [0.3, 0.4) is 0 Å². The summed E-state index contributed by atoms with van der Waals surface area (Å²) < 4.78 is 13.9. The fraction of sp³-hybridized carbons (Fsp3) is 0.0769. The standard InChI is InChI=1S/C13H10BrFN4/c14-9-4-11-12(5-10(9)15)19-13(18-11)7-1-2-17-8(3-7)6-16/h1-5H,6,16H2,(H,18,19). The number of fused-ring (bicyclic) bond motifs is 1. The quantitative estimate of drug-likeness (QED) is 0.762. The molecule has 0 unspecified atom stereocenters. The third-order valence-electron chi connectivity index (χ3n) is 2.82. The van der Waals surface area contributed by atoms with Gasteiger partial charge in [-0.15, -0.1) is 0 Å². The van der Waals surface area contributed by atoms with Gasteiger partial charge in [-0.25, -0.2) is 9.37 Å². The number of nitrogens with two attached hydrogens (primary N) is 1. The summed E-state index contributed by atoms with van der Waals surface area (Å²) >= 11 is 3.15. The van der Waals surface area contributed by atoms with E-state index < -0.39 is 0 Å². The first-order chi connectivity index (χ1) is 9.17. The van der Waals surface area contributed by atoms with E-state index in [2.05, 4.69) is 30.9 Å². The smallest absolute Gasteiger partial charge is 0.139 e. The van der Waals surface area contributed by atoms with E-state index in [1.807, 2.05) is 12.1 Å². The van der Waals surface area contributed by atoms with Crippen molar-refractivity contribution in [2.24, 2.45) is 5.73 Å². The minimum Gasteiger partial charge on any atom is -0.338 e. The van der Waals surface area contributed by atoms with Crippen LogP contribution < -0.4 is 5.73 Å². The van der Waals surface area contributed by atoms with Crippen molar-refractivity contribution in [1.82, 2.24) is 15.0 Å². The Morgan fingerprint density at radius 1 is 1.32 bits per heavy atom. The van der Waals surface area contributed by atoms with Crippen LogP contribution in [-0.4, -0.2) is 15.0 Å². The van der Waals surface area contributed by atoms with Crippen LogP contribution in [0, 0.1) is 5.82 Å². The molecule has 96 valence electrons. The van der Waals surface area contributed by atoms with E-state index in [-0.39, 0.29) is 5.82 Å². The van der Waals surface area contributed by atoms with E-state index in [0.29, 0.717) is 27.9 Å². The van der Waals surface area contributed by atoms with E-state index >= 15 is 0 Å². The largest absolute Gasteiger partial charge is 0.338 e. The number of nitrogens with zero attached hydrogens (tertiary/aromatic N) is 2. The predicted octanol–water partition coefficient (Wildman–Crippen LogP) is 2.99. The van der Waals surface area contributed by atoms with Gasteiger partial charge in [0.1, 0.15) is 11.6 Å². The summed E-state index contributed by atoms with van der Waals surface area (Å²) in [5.74, 6) is 0.352. The maximum absolute atomic E-state index is 13.5. The van der Waals surface area contributed by atoms with Crippen molar-refractivity contribution >= 4 is 27.0 Å². The molecule has 0 aliphatic heterocycles. The average molecular weight is 321 g/mol. The Hall–Kier alpha value is -1.79. The molecule has 2 aromatic heterocycles. The SMILES string of the molecule is NCc1cc(-c2nc3cc(Br)c(F)cc3[nH]2)ccn1. The minimum atomic E-state index is -0.319. The molecule has 3 aromatic rings. The van der Waals surface area contributed by atoms with Gasteiger partial charge >= 0.3 is 0 Å². The summed E-state index contributed by atoms with van der Waals surface area (Å²) in [6.07, 6.45) is 1.68. The molecule has 6 heteroatoms. The molecule has 4 nitrogen and oxygen atoms in total. The van der Waals surface area contributed by atoms with E-state index in [1.54, 1.807) is 12.3 Å².